The molecule has 2 heterocycles. The van der Waals surface area contributed by atoms with Crippen LogP contribution in [0.3, 0.4) is 0 Å². The highest BCUT2D eigenvalue weighted by Gasteiger charge is 2.14. The summed E-state index contributed by atoms with van der Waals surface area (Å²) in [4.78, 5) is 4.62. The molecule has 0 aliphatic rings. The van der Waals surface area contributed by atoms with E-state index in [0.29, 0.717) is 6.54 Å². The molecule has 0 aliphatic heterocycles. The first-order chi connectivity index (χ1) is 8.75. The number of fused-ring (bicyclic) bond motifs is 1. The monoisotopic (exact) mass is 302 g/mol. The normalized spacial score (nSPS) is 10.9. The Bertz CT molecular complexity index is 698. The van der Waals surface area contributed by atoms with E-state index in [1.54, 1.807) is 6.26 Å². The van der Waals surface area contributed by atoms with E-state index in [4.69, 9.17) is 4.42 Å². The van der Waals surface area contributed by atoms with Crippen molar-refractivity contribution in [3.05, 3.63) is 53.7 Å². The fraction of sp³-hybridized carbons (Fsp3) is 0.0714. The first kappa shape index (κ1) is 11.3. The van der Waals surface area contributed by atoms with Crippen LogP contribution in [0.25, 0.3) is 22.6 Å². The number of aromatic nitrogens is 2. The number of imidazole rings is 1. The largest absolute Gasteiger partial charge is 0.461 e. The fourth-order valence-electron chi connectivity index (χ4n) is 2.00. The van der Waals surface area contributed by atoms with Crippen LogP contribution in [0.15, 0.2) is 58.1 Å². The van der Waals surface area contributed by atoms with Gasteiger partial charge in [0.25, 0.3) is 0 Å². The number of benzene rings is 1. The SMILES string of the molecule is C=C(Br)Cn1c(-c2ccco2)nc2ccccc21. The molecule has 3 aromatic rings. The smallest absolute Gasteiger partial charge is 0.177 e. The Morgan fingerprint density at radius 1 is 1.28 bits per heavy atom. The lowest BCUT2D eigenvalue weighted by Crippen LogP contribution is -1.99. The Hall–Kier alpha value is -1.81. The molecule has 0 saturated carbocycles. The molecule has 1 aromatic carbocycles. The van der Waals surface area contributed by atoms with Gasteiger partial charge in [-0.1, -0.05) is 34.6 Å². The minimum absolute atomic E-state index is 0.663. The highest BCUT2D eigenvalue weighted by atomic mass is 79.9. The maximum atomic E-state index is 5.44. The van der Waals surface area contributed by atoms with Gasteiger partial charge < -0.3 is 8.98 Å². The van der Waals surface area contributed by atoms with Crippen molar-refractivity contribution in [3.63, 3.8) is 0 Å². The standard InChI is InChI=1S/C14H11BrN2O/c1-10(15)9-17-12-6-3-2-5-11(12)16-14(17)13-7-4-8-18-13/h2-8H,1,9H2. The van der Waals surface area contributed by atoms with Crippen LogP contribution in [-0.4, -0.2) is 9.55 Å². The molecule has 3 rings (SSSR count). The number of para-hydroxylation sites is 2. The van der Waals surface area contributed by atoms with Crippen molar-refractivity contribution in [1.82, 2.24) is 9.55 Å². The Morgan fingerprint density at radius 2 is 2.11 bits per heavy atom. The highest BCUT2D eigenvalue weighted by Crippen LogP contribution is 2.26. The van der Waals surface area contributed by atoms with Crippen molar-refractivity contribution in [2.75, 3.05) is 0 Å². The zero-order chi connectivity index (χ0) is 12.5. The lowest BCUT2D eigenvalue weighted by Gasteiger charge is -2.06. The maximum Gasteiger partial charge on any atom is 0.177 e. The average molecular weight is 303 g/mol. The molecule has 0 atom stereocenters. The Morgan fingerprint density at radius 3 is 2.83 bits per heavy atom. The number of halogens is 1. The summed E-state index contributed by atoms with van der Waals surface area (Å²) < 4.78 is 8.43. The lowest BCUT2D eigenvalue weighted by atomic mass is 10.3. The molecule has 0 amide bonds. The molecule has 0 unspecified atom stereocenters. The Labute approximate surface area is 113 Å². The van der Waals surface area contributed by atoms with Crippen LogP contribution in [0.4, 0.5) is 0 Å². The zero-order valence-corrected chi connectivity index (χ0v) is 11.2. The summed E-state index contributed by atoms with van der Waals surface area (Å²) in [6.07, 6.45) is 1.65. The van der Waals surface area contributed by atoms with Gasteiger partial charge in [-0.3, -0.25) is 0 Å². The van der Waals surface area contributed by atoms with Gasteiger partial charge in [-0.25, -0.2) is 4.98 Å². The van der Waals surface area contributed by atoms with Gasteiger partial charge >= 0.3 is 0 Å². The number of allylic oxidation sites excluding steroid dienone is 1. The summed E-state index contributed by atoms with van der Waals surface area (Å²) in [7, 11) is 0. The number of furan rings is 1. The first-order valence-electron chi connectivity index (χ1n) is 5.58. The van der Waals surface area contributed by atoms with E-state index in [0.717, 1.165) is 27.1 Å². The molecule has 0 N–H and O–H groups in total. The second-order valence-electron chi connectivity index (χ2n) is 4.00. The van der Waals surface area contributed by atoms with Gasteiger partial charge in [-0.05, 0) is 24.3 Å². The molecule has 0 spiro atoms. The van der Waals surface area contributed by atoms with Crippen molar-refractivity contribution in [1.29, 1.82) is 0 Å². The molecule has 4 heteroatoms. The van der Waals surface area contributed by atoms with Gasteiger partial charge in [0.2, 0.25) is 0 Å². The molecule has 0 fully saturated rings. The van der Waals surface area contributed by atoms with Crippen LogP contribution in [0.5, 0.6) is 0 Å². The summed E-state index contributed by atoms with van der Waals surface area (Å²) in [6.45, 7) is 4.56. The minimum Gasteiger partial charge on any atom is -0.461 e. The van der Waals surface area contributed by atoms with Gasteiger partial charge in [-0.15, -0.1) is 0 Å². The van der Waals surface area contributed by atoms with E-state index < -0.39 is 0 Å². The average Bonchev–Trinajstić information content (AvgIpc) is 2.96. The number of hydrogen-bond donors (Lipinski definition) is 0. The van der Waals surface area contributed by atoms with Crippen molar-refractivity contribution in [2.24, 2.45) is 0 Å². The lowest BCUT2D eigenvalue weighted by molar-refractivity contribution is 0.573. The molecule has 3 nitrogen and oxygen atoms in total. The third-order valence-electron chi connectivity index (χ3n) is 2.73. The summed E-state index contributed by atoms with van der Waals surface area (Å²) >= 11 is 3.41. The highest BCUT2D eigenvalue weighted by molar-refractivity contribution is 9.11. The van der Waals surface area contributed by atoms with E-state index in [2.05, 4.69) is 32.1 Å². The van der Waals surface area contributed by atoms with Crippen LogP contribution in [-0.2, 0) is 6.54 Å². The predicted octanol–water partition coefficient (Wildman–Crippen LogP) is 4.20. The van der Waals surface area contributed by atoms with Crippen LogP contribution >= 0.6 is 15.9 Å². The van der Waals surface area contributed by atoms with E-state index in [9.17, 15) is 0 Å². The number of rotatable bonds is 3. The summed E-state index contributed by atoms with van der Waals surface area (Å²) in [6, 6.07) is 11.8. The number of hydrogen-bond acceptors (Lipinski definition) is 2. The second-order valence-corrected chi connectivity index (χ2v) is 5.13. The van der Waals surface area contributed by atoms with Crippen LogP contribution in [0, 0.1) is 0 Å². The van der Waals surface area contributed by atoms with E-state index >= 15 is 0 Å². The molecular weight excluding hydrogens is 292 g/mol. The first-order valence-corrected chi connectivity index (χ1v) is 6.37. The molecule has 2 aromatic heterocycles. The summed E-state index contributed by atoms with van der Waals surface area (Å²) in [5.41, 5.74) is 2.03. The summed E-state index contributed by atoms with van der Waals surface area (Å²) in [5, 5.41) is 0. The van der Waals surface area contributed by atoms with E-state index in [-0.39, 0.29) is 0 Å². The minimum atomic E-state index is 0.663. The topological polar surface area (TPSA) is 31.0 Å². The van der Waals surface area contributed by atoms with Gasteiger partial charge in [0.15, 0.2) is 11.6 Å². The summed E-state index contributed by atoms with van der Waals surface area (Å²) in [5.74, 6) is 1.58. The molecular formula is C14H11BrN2O. The van der Waals surface area contributed by atoms with Gasteiger partial charge in [0.1, 0.15) is 0 Å². The molecule has 18 heavy (non-hydrogen) atoms. The van der Waals surface area contributed by atoms with Crippen molar-refractivity contribution in [2.45, 2.75) is 6.54 Å². The van der Waals surface area contributed by atoms with Gasteiger partial charge in [0, 0.05) is 4.48 Å². The maximum absolute atomic E-state index is 5.44. The molecule has 0 aliphatic carbocycles. The predicted molar refractivity (Wildman–Crippen MR) is 75.5 cm³/mol. The second kappa shape index (κ2) is 4.46. The van der Waals surface area contributed by atoms with E-state index in [1.807, 2.05) is 36.4 Å². The third kappa shape index (κ3) is 1.88. The number of nitrogens with zero attached hydrogens (tertiary/aromatic N) is 2. The van der Waals surface area contributed by atoms with Crippen LogP contribution < -0.4 is 0 Å². The fourth-order valence-corrected chi connectivity index (χ4v) is 2.25. The quantitative estimate of drug-likeness (QED) is 0.726. The molecule has 0 radical (unpaired) electrons. The third-order valence-corrected chi connectivity index (χ3v) is 2.98. The van der Waals surface area contributed by atoms with Gasteiger partial charge in [0.05, 0.1) is 23.8 Å². The van der Waals surface area contributed by atoms with E-state index in [1.165, 1.54) is 0 Å². The Balaban J connectivity index is 2.26. The Kier molecular flexibility index (Phi) is 2.80. The van der Waals surface area contributed by atoms with Crippen LogP contribution in [0.2, 0.25) is 0 Å². The van der Waals surface area contributed by atoms with Gasteiger partial charge in [-0.2, -0.15) is 0 Å². The van der Waals surface area contributed by atoms with Crippen molar-refractivity contribution in [3.8, 4) is 11.6 Å². The molecule has 0 saturated heterocycles. The van der Waals surface area contributed by atoms with Crippen LogP contribution in [0.1, 0.15) is 0 Å². The van der Waals surface area contributed by atoms with Crippen molar-refractivity contribution >= 4 is 27.0 Å². The van der Waals surface area contributed by atoms with Crippen molar-refractivity contribution < 1.29 is 4.42 Å². The molecule has 0 bridgehead atoms. The zero-order valence-electron chi connectivity index (χ0n) is 9.64. The molecule has 90 valence electrons.